The summed E-state index contributed by atoms with van der Waals surface area (Å²) in [5.41, 5.74) is 6.47. The van der Waals surface area contributed by atoms with Gasteiger partial charge in [-0.25, -0.2) is 0 Å². The number of benzene rings is 2. The molecule has 108 valence electrons. The Balaban J connectivity index is 0.00000161. The van der Waals surface area contributed by atoms with Crippen LogP contribution < -0.4 is 15.9 Å². The van der Waals surface area contributed by atoms with Crippen molar-refractivity contribution in [3.05, 3.63) is 52.2 Å². The molecule has 0 spiro atoms. The van der Waals surface area contributed by atoms with Gasteiger partial charge in [-0.2, -0.15) is 0 Å². The number of H-pyrrole nitrogens is 1. The quantitative estimate of drug-likeness (QED) is 0.712. The summed E-state index contributed by atoms with van der Waals surface area (Å²) < 4.78 is 5.25. The number of hydrogen-bond donors (Lipinski definition) is 2. The summed E-state index contributed by atoms with van der Waals surface area (Å²) in [6.45, 7) is 0. The van der Waals surface area contributed by atoms with Gasteiger partial charge in [-0.3, -0.25) is 9.59 Å². The number of primary amides is 1. The van der Waals surface area contributed by atoms with Gasteiger partial charge in [-0.05, 0) is 24.3 Å². The molecule has 0 radical (unpaired) electrons. The molecule has 1 aromatic heterocycles. The summed E-state index contributed by atoms with van der Waals surface area (Å²) in [4.78, 5) is 27.1. The first kappa shape index (κ1) is 14.9. The van der Waals surface area contributed by atoms with Gasteiger partial charge in [0.15, 0.2) is 5.43 Å². The van der Waals surface area contributed by atoms with Gasteiger partial charge in [-0.15, -0.1) is 12.4 Å². The molecule has 0 aliphatic rings. The monoisotopic (exact) mass is 304 g/mol. The predicted molar refractivity (Wildman–Crippen MR) is 84.4 cm³/mol. The number of methoxy groups -OCH3 is 1. The summed E-state index contributed by atoms with van der Waals surface area (Å²) in [5.74, 6) is -0.0405. The van der Waals surface area contributed by atoms with Crippen LogP contribution in [0.1, 0.15) is 10.4 Å². The smallest absolute Gasteiger partial charge is 0.250 e. The van der Waals surface area contributed by atoms with Crippen LogP contribution in [-0.4, -0.2) is 18.0 Å². The minimum absolute atomic E-state index is 0. The van der Waals surface area contributed by atoms with E-state index in [2.05, 4.69) is 4.98 Å². The van der Waals surface area contributed by atoms with E-state index in [0.717, 1.165) is 0 Å². The van der Waals surface area contributed by atoms with Gasteiger partial charge < -0.3 is 15.5 Å². The number of ether oxygens (including phenoxy) is 1. The molecule has 3 aromatic rings. The standard InChI is InChI=1S/C15H12N2O3.ClH/c1-20-11-7-3-5-9-13(11)17-12-8(14(9)18)4-2-6-10(12)15(16)19;/h2-7H,1H3,(H2,16,19)(H,17,18);1H. The van der Waals surface area contributed by atoms with E-state index in [4.69, 9.17) is 10.5 Å². The number of amides is 1. The third-order valence-electron chi connectivity index (χ3n) is 3.32. The van der Waals surface area contributed by atoms with E-state index in [1.165, 1.54) is 7.11 Å². The van der Waals surface area contributed by atoms with Crippen molar-refractivity contribution in [1.82, 2.24) is 4.98 Å². The fraction of sp³-hybridized carbons (Fsp3) is 0.0667. The van der Waals surface area contributed by atoms with Crippen LogP contribution in [0.15, 0.2) is 41.2 Å². The molecule has 5 nitrogen and oxygen atoms in total. The van der Waals surface area contributed by atoms with Crippen molar-refractivity contribution in [2.75, 3.05) is 7.11 Å². The van der Waals surface area contributed by atoms with Crippen LogP contribution in [0.4, 0.5) is 0 Å². The lowest BCUT2D eigenvalue weighted by molar-refractivity contribution is 0.100. The van der Waals surface area contributed by atoms with Gasteiger partial charge in [0.2, 0.25) is 0 Å². The van der Waals surface area contributed by atoms with Crippen LogP contribution in [0.25, 0.3) is 21.8 Å². The van der Waals surface area contributed by atoms with Crippen LogP contribution >= 0.6 is 12.4 Å². The summed E-state index contributed by atoms with van der Waals surface area (Å²) in [7, 11) is 1.53. The summed E-state index contributed by atoms with van der Waals surface area (Å²) in [6.07, 6.45) is 0. The normalized spacial score (nSPS) is 10.3. The molecule has 3 N–H and O–H groups in total. The number of carbonyl (C=O) groups excluding carboxylic acids is 1. The number of nitrogens with two attached hydrogens (primary N) is 1. The van der Waals surface area contributed by atoms with E-state index in [-0.39, 0.29) is 23.4 Å². The number of carbonyl (C=O) groups is 1. The third-order valence-corrected chi connectivity index (χ3v) is 3.32. The average molecular weight is 305 g/mol. The topological polar surface area (TPSA) is 85.2 Å². The second kappa shape index (κ2) is 5.46. The lowest BCUT2D eigenvalue weighted by atomic mass is 10.1. The van der Waals surface area contributed by atoms with Gasteiger partial charge in [-0.1, -0.05) is 12.1 Å². The van der Waals surface area contributed by atoms with Crippen LogP contribution in [0.5, 0.6) is 5.75 Å². The molecule has 0 atom stereocenters. The maximum absolute atomic E-state index is 12.5. The zero-order chi connectivity index (χ0) is 14.3. The molecule has 0 saturated heterocycles. The van der Waals surface area contributed by atoms with Crippen molar-refractivity contribution in [1.29, 1.82) is 0 Å². The largest absolute Gasteiger partial charge is 0.495 e. The number of fused-ring (bicyclic) bond motifs is 2. The molecule has 0 saturated carbocycles. The average Bonchev–Trinajstić information content (AvgIpc) is 2.46. The Bertz CT molecular complexity index is 902. The van der Waals surface area contributed by atoms with Crippen LogP contribution in [0, 0.1) is 0 Å². The van der Waals surface area contributed by atoms with E-state index in [9.17, 15) is 9.59 Å². The molecule has 3 rings (SSSR count). The number of aromatic nitrogens is 1. The second-order valence-corrected chi connectivity index (χ2v) is 4.43. The van der Waals surface area contributed by atoms with Crippen LogP contribution in [0.3, 0.4) is 0 Å². The Morgan fingerprint density at radius 3 is 2.33 bits per heavy atom. The number of hydrogen-bond acceptors (Lipinski definition) is 3. The number of aromatic amines is 1. The zero-order valence-electron chi connectivity index (χ0n) is 11.2. The Labute approximate surface area is 126 Å². The highest BCUT2D eigenvalue weighted by atomic mass is 35.5. The van der Waals surface area contributed by atoms with Gasteiger partial charge in [0, 0.05) is 10.8 Å². The second-order valence-electron chi connectivity index (χ2n) is 4.43. The van der Waals surface area contributed by atoms with E-state index >= 15 is 0 Å². The fourth-order valence-corrected chi connectivity index (χ4v) is 2.37. The van der Waals surface area contributed by atoms with Gasteiger partial charge in [0.1, 0.15) is 5.75 Å². The van der Waals surface area contributed by atoms with E-state index in [1.54, 1.807) is 36.4 Å². The van der Waals surface area contributed by atoms with Crippen LogP contribution in [-0.2, 0) is 0 Å². The summed E-state index contributed by atoms with van der Waals surface area (Å²) >= 11 is 0. The molecule has 0 bridgehead atoms. The van der Waals surface area contributed by atoms with E-state index < -0.39 is 5.91 Å². The molecule has 6 heteroatoms. The number of nitrogens with one attached hydrogen (secondary N) is 1. The molecule has 1 heterocycles. The number of rotatable bonds is 2. The Morgan fingerprint density at radius 2 is 1.71 bits per heavy atom. The van der Waals surface area contributed by atoms with Crippen molar-refractivity contribution < 1.29 is 9.53 Å². The van der Waals surface area contributed by atoms with Gasteiger partial charge in [0.05, 0.1) is 23.7 Å². The molecule has 21 heavy (non-hydrogen) atoms. The first-order chi connectivity index (χ1) is 9.63. The predicted octanol–water partition coefficient (Wildman–Crippen LogP) is 2.21. The molecule has 1 amide bonds. The number of pyridine rings is 1. The highest BCUT2D eigenvalue weighted by molar-refractivity contribution is 6.07. The van der Waals surface area contributed by atoms with Crippen molar-refractivity contribution in [3.63, 3.8) is 0 Å². The lowest BCUT2D eigenvalue weighted by Gasteiger charge is -2.08. The number of halogens is 1. The maximum atomic E-state index is 12.5. The maximum Gasteiger partial charge on any atom is 0.250 e. The third kappa shape index (κ3) is 2.21. The molecule has 0 aliphatic heterocycles. The lowest BCUT2D eigenvalue weighted by Crippen LogP contribution is -2.14. The Hall–Kier alpha value is -2.53. The highest BCUT2D eigenvalue weighted by Crippen LogP contribution is 2.24. The molecular weight excluding hydrogens is 292 g/mol. The number of para-hydroxylation sites is 2. The van der Waals surface area contributed by atoms with E-state index in [0.29, 0.717) is 27.6 Å². The first-order valence-corrected chi connectivity index (χ1v) is 6.05. The Morgan fingerprint density at radius 1 is 1.10 bits per heavy atom. The SMILES string of the molecule is COc1cccc2c(=O)c3cccc(C(N)=O)c3[nH]c12.Cl. The van der Waals surface area contributed by atoms with Gasteiger partial charge >= 0.3 is 0 Å². The van der Waals surface area contributed by atoms with Crippen LogP contribution in [0.2, 0.25) is 0 Å². The van der Waals surface area contributed by atoms with Crippen molar-refractivity contribution in [3.8, 4) is 5.75 Å². The first-order valence-electron chi connectivity index (χ1n) is 6.05. The molecule has 0 fully saturated rings. The Kier molecular flexibility index (Phi) is 3.86. The van der Waals surface area contributed by atoms with Gasteiger partial charge in [0.25, 0.3) is 5.91 Å². The zero-order valence-corrected chi connectivity index (χ0v) is 12.0. The van der Waals surface area contributed by atoms with Crippen molar-refractivity contribution >= 4 is 40.1 Å². The molecule has 2 aromatic carbocycles. The summed E-state index contributed by atoms with van der Waals surface area (Å²) in [5, 5.41) is 0.945. The fourth-order valence-electron chi connectivity index (χ4n) is 2.37. The summed E-state index contributed by atoms with van der Waals surface area (Å²) in [6, 6.07) is 10.1. The van der Waals surface area contributed by atoms with Crippen molar-refractivity contribution in [2.45, 2.75) is 0 Å². The molecular formula is C15H13ClN2O3. The minimum Gasteiger partial charge on any atom is -0.495 e. The van der Waals surface area contributed by atoms with E-state index in [1.807, 2.05) is 0 Å². The molecule has 0 unspecified atom stereocenters. The molecule has 0 aliphatic carbocycles. The highest BCUT2D eigenvalue weighted by Gasteiger charge is 2.13. The minimum atomic E-state index is -0.583. The van der Waals surface area contributed by atoms with Crippen molar-refractivity contribution in [2.24, 2.45) is 5.73 Å².